The molecule has 0 aliphatic heterocycles. The fourth-order valence-corrected chi connectivity index (χ4v) is 2.62. The maximum absolute atomic E-state index is 8.99. The molecule has 6 heteroatoms. The number of rotatable bonds is 4. The monoisotopic (exact) mass is 343 g/mol. The SMILES string of the molecule is N#Cc1ccc2ncnc(NC3CC[CH-]CC3)c2c1.[CH2-]CN(C)C[CH2-].[Li+]. The van der Waals surface area contributed by atoms with E-state index in [1.165, 1.54) is 0 Å². The second kappa shape index (κ2) is 11.9. The standard InChI is InChI=1S/C15H15N4.C5H11N.Li/c16-9-11-6-7-14-13(8-11)15(18-10-17-14)19-12-4-2-1-3-5-12;1-4-6(3)5-2;/h1,6-8,10,12H,2-5H2,(H,17,18,19);1-2,4-5H2,3H3;/q-1;-2;+1. The zero-order valence-corrected chi connectivity index (χ0v) is 15.9. The maximum atomic E-state index is 8.99. The molecule has 1 aromatic heterocycles. The molecule has 1 aliphatic rings. The number of nitrogens with one attached hydrogen (secondary N) is 1. The average molecular weight is 343 g/mol. The van der Waals surface area contributed by atoms with E-state index in [-0.39, 0.29) is 18.9 Å². The van der Waals surface area contributed by atoms with E-state index in [2.05, 4.69) is 41.6 Å². The first-order chi connectivity index (χ1) is 12.2. The van der Waals surface area contributed by atoms with Crippen molar-refractivity contribution >= 4 is 16.7 Å². The summed E-state index contributed by atoms with van der Waals surface area (Å²) in [7, 11) is 1.99. The minimum Gasteiger partial charge on any atom is -0.367 e. The first-order valence-corrected chi connectivity index (χ1v) is 8.68. The summed E-state index contributed by atoms with van der Waals surface area (Å²) >= 11 is 0. The van der Waals surface area contributed by atoms with Gasteiger partial charge in [0.15, 0.2) is 0 Å². The number of fused-ring (bicyclic) bond motifs is 1. The van der Waals surface area contributed by atoms with Gasteiger partial charge in [0.2, 0.25) is 0 Å². The van der Waals surface area contributed by atoms with Crippen molar-refractivity contribution in [2.45, 2.75) is 31.7 Å². The fourth-order valence-electron chi connectivity index (χ4n) is 2.62. The Labute approximate surface area is 169 Å². The maximum Gasteiger partial charge on any atom is 1.00 e. The number of hydrogen-bond donors (Lipinski definition) is 1. The Bertz CT molecular complexity index is 703. The van der Waals surface area contributed by atoms with Crippen LogP contribution in [0.2, 0.25) is 0 Å². The molecule has 3 rings (SSSR count). The van der Waals surface area contributed by atoms with Gasteiger partial charge in [0.1, 0.15) is 12.1 Å². The molecule has 1 saturated carbocycles. The topological polar surface area (TPSA) is 64.8 Å². The van der Waals surface area contributed by atoms with Crippen molar-refractivity contribution < 1.29 is 18.9 Å². The molecule has 0 amide bonds. The molecule has 1 heterocycles. The van der Waals surface area contributed by atoms with Crippen LogP contribution in [0.1, 0.15) is 31.2 Å². The van der Waals surface area contributed by atoms with Crippen LogP contribution in [0.4, 0.5) is 5.82 Å². The molecule has 1 aromatic carbocycles. The minimum absolute atomic E-state index is 0. The van der Waals surface area contributed by atoms with Crippen molar-refractivity contribution in [1.82, 2.24) is 14.9 Å². The van der Waals surface area contributed by atoms with Crippen LogP contribution in [0.5, 0.6) is 0 Å². The van der Waals surface area contributed by atoms with Crippen LogP contribution >= 0.6 is 0 Å². The van der Waals surface area contributed by atoms with Crippen molar-refractivity contribution in [3.05, 3.63) is 50.4 Å². The zero-order valence-electron chi connectivity index (χ0n) is 15.9. The van der Waals surface area contributed by atoms with Crippen molar-refractivity contribution in [1.29, 1.82) is 5.26 Å². The predicted octanol–water partition coefficient (Wildman–Crippen LogP) is 0.651. The van der Waals surface area contributed by atoms with Gasteiger partial charge in [-0.15, -0.1) is 13.1 Å². The summed E-state index contributed by atoms with van der Waals surface area (Å²) in [6, 6.07) is 8.14. The minimum atomic E-state index is 0. The van der Waals surface area contributed by atoms with Crippen LogP contribution in [-0.4, -0.2) is 41.0 Å². The van der Waals surface area contributed by atoms with E-state index in [0.29, 0.717) is 11.6 Å². The Morgan fingerprint density at radius 1 is 1.27 bits per heavy atom. The number of nitrogens with zero attached hydrogens (tertiary/aromatic N) is 4. The quantitative estimate of drug-likeness (QED) is 0.652. The van der Waals surface area contributed by atoms with Crippen molar-refractivity contribution in [2.75, 3.05) is 25.5 Å². The van der Waals surface area contributed by atoms with E-state index < -0.39 is 0 Å². The van der Waals surface area contributed by atoms with Crippen LogP contribution in [0.3, 0.4) is 0 Å². The van der Waals surface area contributed by atoms with Gasteiger partial charge in [0.25, 0.3) is 0 Å². The molecule has 1 fully saturated rings. The van der Waals surface area contributed by atoms with E-state index >= 15 is 0 Å². The van der Waals surface area contributed by atoms with E-state index in [1.807, 2.05) is 24.1 Å². The van der Waals surface area contributed by atoms with Crippen LogP contribution in [0, 0.1) is 31.6 Å². The van der Waals surface area contributed by atoms with Gasteiger partial charge in [-0.3, -0.25) is 0 Å². The summed E-state index contributed by atoms with van der Waals surface area (Å²) in [4.78, 5) is 10.6. The fraction of sp³-hybridized carbons (Fsp3) is 0.400. The third kappa shape index (κ3) is 6.61. The molecule has 5 nitrogen and oxygen atoms in total. The largest absolute Gasteiger partial charge is 1.00 e. The first kappa shape index (κ1) is 22.4. The van der Waals surface area contributed by atoms with Crippen LogP contribution in [0.15, 0.2) is 24.5 Å². The van der Waals surface area contributed by atoms with E-state index in [0.717, 1.165) is 55.5 Å². The van der Waals surface area contributed by atoms with Crippen LogP contribution in [0.25, 0.3) is 10.9 Å². The van der Waals surface area contributed by atoms with Gasteiger partial charge in [-0.25, -0.2) is 9.97 Å². The summed E-state index contributed by atoms with van der Waals surface area (Å²) in [5.74, 6) is 0.842. The Balaban J connectivity index is 0.000000422. The van der Waals surface area contributed by atoms with Gasteiger partial charge in [-0.05, 0) is 25.2 Å². The number of aromatic nitrogens is 2. The third-order valence-electron chi connectivity index (χ3n) is 4.31. The van der Waals surface area contributed by atoms with E-state index in [1.54, 1.807) is 12.4 Å². The summed E-state index contributed by atoms with van der Waals surface area (Å²) < 4.78 is 0. The molecule has 0 radical (unpaired) electrons. The van der Waals surface area contributed by atoms with Gasteiger partial charge in [-0.2, -0.15) is 18.1 Å². The molecule has 0 atom stereocenters. The molecule has 0 saturated heterocycles. The van der Waals surface area contributed by atoms with Gasteiger partial charge >= 0.3 is 18.9 Å². The molecule has 1 aliphatic carbocycles. The number of nitriles is 1. The second-order valence-corrected chi connectivity index (χ2v) is 6.15. The molecule has 134 valence electrons. The van der Waals surface area contributed by atoms with Crippen molar-refractivity contribution in [2.24, 2.45) is 0 Å². The van der Waals surface area contributed by atoms with Gasteiger partial charge in [-0.1, -0.05) is 12.8 Å². The van der Waals surface area contributed by atoms with Gasteiger partial charge in [0.05, 0.1) is 17.1 Å². The Morgan fingerprint density at radius 3 is 2.54 bits per heavy atom. The third-order valence-corrected chi connectivity index (χ3v) is 4.31. The number of hydrogen-bond acceptors (Lipinski definition) is 5. The zero-order chi connectivity index (χ0) is 18.1. The van der Waals surface area contributed by atoms with E-state index in [4.69, 9.17) is 5.26 Å². The molecule has 1 N–H and O–H groups in total. The van der Waals surface area contributed by atoms with Gasteiger partial charge < -0.3 is 30.5 Å². The van der Waals surface area contributed by atoms with Crippen LogP contribution < -0.4 is 24.2 Å². The normalized spacial score (nSPS) is 14.1. The van der Waals surface area contributed by atoms with Crippen molar-refractivity contribution in [3.8, 4) is 6.07 Å². The Kier molecular flexibility index (Phi) is 10.3. The number of anilines is 1. The molecular weight excluding hydrogens is 317 g/mol. The Morgan fingerprint density at radius 2 is 1.96 bits per heavy atom. The second-order valence-electron chi connectivity index (χ2n) is 6.15. The molecule has 26 heavy (non-hydrogen) atoms. The molecular formula is C20H26LiN5-2. The Hall–Kier alpha value is -1.59. The predicted molar refractivity (Wildman–Crippen MR) is 103 cm³/mol. The number of benzene rings is 1. The summed E-state index contributed by atoms with van der Waals surface area (Å²) in [5.41, 5.74) is 1.51. The average Bonchev–Trinajstić information content (AvgIpc) is 2.68. The smallest absolute Gasteiger partial charge is 0.367 e. The molecule has 0 spiro atoms. The summed E-state index contributed by atoms with van der Waals surface area (Å²) in [5, 5.41) is 13.4. The first-order valence-electron chi connectivity index (χ1n) is 8.68. The van der Waals surface area contributed by atoms with Crippen molar-refractivity contribution in [3.63, 3.8) is 0 Å². The molecule has 2 aromatic rings. The molecule has 0 unspecified atom stereocenters. The summed E-state index contributed by atoms with van der Waals surface area (Å²) in [6.45, 7) is 8.99. The van der Waals surface area contributed by atoms with Gasteiger partial charge in [0, 0.05) is 11.4 Å². The van der Waals surface area contributed by atoms with E-state index in [9.17, 15) is 0 Å². The van der Waals surface area contributed by atoms with Crippen LogP contribution in [-0.2, 0) is 0 Å². The molecule has 0 bridgehead atoms. The summed E-state index contributed by atoms with van der Waals surface area (Å²) in [6.07, 6.45) is 8.51.